The highest BCUT2D eigenvalue weighted by Gasteiger charge is 2.52. The first-order valence-electron chi connectivity index (χ1n) is 7.95. The summed E-state index contributed by atoms with van der Waals surface area (Å²) in [4.78, 5) is 0. The standard InChI is InChI=1S/C19H30N/c1-8-15-9-11-16(12-10-15)17-18(4,5)13-19(6,7)20(17)14(2)3/h9-12,14H,8,13H2,1-7H3/q+1. The van der Waals surface area contributed by atoms with Gasteiger partial charge in [-0.3, -0.25) is 0 Å². The van der Waals surface area contributed by atoms with Gasteiger partial charge in [-0.2, -0.15) is 0 Å². The van der Waals surface area contributed by atoms with Gasteiger partial charge in [0.15, 0.2) is 11.3 Å². The lowest BCUT2D eigenvalue weighted by Gasteiger charge is -2.21. The van der Waals surface area contributed by atoms with Crippen LogP contribution in [0.25, 0.3) is 0 Å². The Morgan fingerprint density at radius 3 is 2.05 bits per heavy atom. The molecular weight excluding hydrogens is 242 g/mol. The van der Waals surface area contributed by atoms with Gasteiger partial charge in [0.2, 0.25) is 0 Å². The highest BCUT2D eigenvalue weighted by Crippen LogP contribution is 2.41. The van der Waals surface area contributed by atoms with Gasteiger partial charge in [0, 0.05) is 12.0 Å². The molecule has 0 amide bonds. The Morgan fingerprint density at radius 2 is 1.60 bits per heavy atom. The summed E-state index contributed by atoms with van der Waals surface area (Å²) >= 11 is 0. The minimum absolute atomic E-state index is 0.233. The molecule has 1 aliphatic rings. The number of nitrogens with zero attached hydrogens (tertiary/aromatic N) is 1. The van der Waals surface area contributed by atoms with Crippen molar-refractivity contribution in [2.24, 2.45) is 5.41 Å². The molecule has 0 aromatic heterocycles. The lowest BCUT2D eigenvalue weighted by atomic mass is 9.79. The lowest BCUT2D eigenvalue weighted by molar-refractivity contribution is -0.619. The molecule has 1 heteroatoms. The van der Waals surface area contributed by atoms with Crippen LogP contribution in [0.5, 0.6) is 0 Å². The second kappa shape index (κ2) is 5.02. The number of hydrogen-bond acceptors (Lipinski definition) is 0. The third-order valence-corrected chi connectivity index (χ3v) is 4.56. The average molecular weight is 272 g/mol. The van der Waals surface area contributed by atoms with Crippen LogP contribution in [0.2, 0.25) is 0 Å². The maximum absolute atomic E-state index is 2.63. The summed E-state index contributed by atoms with van der Waals surface area (Å²) in [5.41, 5.74) is 4.80. The molecule has 0 fully saturated rings. The zero-order valence-corrected chi connectivity index (χ0v) is 14.2. The molecule has 110 valence electrons. The van der Waals surface area contributed by atoms with E-state index < -0.39 is 0 Å². The molecule has 1 heterocycles. The van der Waals surface area contributed by atoms with Crippen LogP contribution >= 0.6 is 0 Å². The van der Waals surface area contributed by atoms with Gasteiger partial charge in [0.1, 0.15) is 6.04 Å². The zero-order chi connectivity index (χ0) is 15.1. The average Bonchev–Trinajstić information content (AvgIpc) is 2.53. The predicted molar refractivity (Wildman–Crippen MR) is 87.8 cm³/mol. The van der Waals surface area contributed by atoms with Crippen molar-refractivity contribution in [3.05, 3.63) is 35.4 Å². The third kappa shape index (κ3) is 2.55. The van der Waals surface area contributed by atoms with Gasteiger partial charge in [-0.05, 0) is 65.7 Å². The molecule has 0 unspecified atom stereocenters. The van der Waals surface area contributed by atoms with Gasteiger partial charge in [0.05, 0.1) is 5.41 Å². The van der Waals surface area contributed by atoms with Gasteiger partial charge in [-0.1, -0.05) is 19.1 Å². The topological polar surface area (TPSA) is 3.01 Å². The Bertz CT molecular complexity index is 515. The van der Waals surface area contributed by atoms with Crippen molar-refractivity contribution in [3.63, 3.8) is 0 Å². The molecule has 0 spiro atoms. The Kier molecular flexibility index (Phi) is 3.83. The van der Waals surface area contributed by atoms with Crippen molar-refractivity contribution >= 4 is 5.71 Å². The fraction of sp³-hybridized carbons (Fsp3) is 0.632. The molecule has 2 rings (SSSR count). The second-order valence-corrected chi connectivity index (χ2v) is 7.74. The minimum atomic E-state index is 0.233. The summed E-state index contributed by atoms with van der Waals surface area (Å²) < 4.78 is 2.63. The third-order valence-electron chi connectivity index (χ3n) is 4.56. The fourth-order valence-electron chi connectivity index (χ4n) is 4.26. The Morgan fingerprint density at radius 1 is 1.05 bits per heavy atom. The minimum Gasteiger partial charge on any atom is -0.226 e. The number of hydrogen-bond donors (Lipinski definition) is 0. The van der Waals surface area contributed by atoms with Crippen LogP contribution in [-0.2, 0) is 6.42 Å². The van der Waals surface area contributed by atoms with Gasteiger partial charge >= 0.3 is 0 Å². The number of aryl methyl sites for hydroxylation is 1. The molecule has 1 aromatic rings. The highest BCUT2D eigenvalue weighted by molar-refractivity contribution is 6.01. The molecule has 0 radical (unpaired) electrons. The zero-order valence-electron chi connectivity index (χ0n) is 14.2. The summed E-state index contributed by atoms with van der Waals surface area (Å²) in [6.07, 6.45) is 2.32. The van der Waals surface area contributed by atoms with Gasteiger partial charge < -0.3 is 0 Å². The van der Waals surface area contributed by atoms with E-state index in [1.54, 1.807) is 0 Å². The highest BCUT2D eigenvalue weighted by atomic mass is 15.1. The summed E-state index contributed by atoms with van der Waals surface area (Å²) in [5, 5.41) is 0. The fourth-order valence-corrected chi connectivity index (χ4v) is 4.26. The van der Waals surface area contributed by atoms with Crippen LogP contribution in [-0.4, -0.2) is 21.9 Å². The normalized spacial score (nSPS) is 20.8. The Hall–Kier alpha value is -1.11. The SMILES string of the molecule is CCc1ccc(C2=[N+](C(C)C)C(C)(C)CC2(C)C)cc1. The summed E-state index contributed by atoms with van der Waals surface area (Å²) in [6, 6.07) is 9.72. The summed E-state index contributed by atoms with van der Waals surface area (Å²) in [5.74, 6) is 0. The molecule has 0 atom stereocenters. The molecule has 20 heavy (non-hydrogen) atoms. The van der Waals surface area contributed by atoms with Crippen molar-refractivity contribution in [2.45, 2.75) is 72.9 Å². The van der Waals surface area contributed by atoms with Gasteiger partial charge in [0.25, 0.3) is 0 Å². The molecule has 0 saturated carbocycles. The smallest absolute Gasteiger partial charge is 0.189 e. The van der Waals surface area contributed by atoms with Crippen LogP contribution in [0, 0.1) is 5.41 Å². The largest absolute Gasteiger partial charge is 0.226 e. The van der Waals surface area contributed by atoms with Crippen LogP contribution < -0.4 is 0 Å². The Labute approximate surface area is 124 Å². The maximum atomic E-state index is 2.63. The lowest BCUT2D eigenvalue weighted by Crippen LogP contribution is -2.38. The molecule has 1 nitrogen and oxygen atoms in total. The summed E-state index contributed by atoms with van der Waals surface area (Å²) in [7, 11) is 0. The van der Waals surface area contributed by atoms with Crippen molar-refractivity contribution < 1.29 is 4.58 Å². The molecule has 1 aliphatic heterocycles. The van der Waals surface area contributed by atoms with Crippen molar-refractivity contribution in [3.8, 4) is 0 Å². The van der Waals surface area contributed by atoms with E-state index in [9.17, 15) is 0 Å². The van der Waals surface area contributed by atoms with E-state index in [1.807, 2.05) is 0 Å². The monoisotopic (exact) mass is 272 g/mol. The van der Waals surface area contributed by atoms with Crippen molar-refractivity contribution in [2.75, 3.05) is 0 Å². The van der Waals surface area contributed by atoms with Crippen LogP contribution in [0.15, 0.2) is 24.3 Å². The first-order chi connectivity index (χ1) is 9.19. The number of rotatable bonds is 3. The van der Waals surface area contributed by atoms with Crippen LogP contribution in [0.3, 0.4) is 0 Å². The predicted octanol–water partition coefficient (Wildman–Crippen LogP) is 4.67. The van der Waals surface area contributed by atoms with Gasteiger partial charge in [-0.25, -0.2) is 4.58 Å². The quantitative estimate of drug-likeness (QED) is 0.704. The first kappa shape index (κ1) is 15.3. The van der Waals surface area contributed by atoms with E-state index >= 15 is 0 Å². The first-order valence-corrected chi connectivity index (χ1v) is 7.95. The molecule has 0 saturated heterocycles. The second-order valence-electron chi connectivity index (χ2n) is 7.74. The number of benzene rings is 1. The molecule has 0 aliphatic carbocycles. The molecule has 0 N–H and O–H groups in total. The van der Waals surface area contributed by atoms with E-state index in [0.717, 1.165) is 6.42 Å². The molecular formula is C19H30N+. The van der Waals surface area contributed by atoms with E-state index in [2.05, 4.69) is 77.3 Å². The van der Waals surface area contributed by atoms with E-state index in [1.165, 1.54) is 23.3 Å². The van der Waals surface area contributed by atoms with Gasteiger partial charge in [-0.15, -0.1) is 0 Å². The van der Waals surface area contributed by atoms with Crippen LogP contribution in [0.1, 0.15) is 66.0 Å². The summed E-state index contributed by atoms with van der Waals surface area (Å²) in [6.45, 7) is 16.4. The van der Waals surface area contributed by atoms with E-state index in [0.29, 0.717) is 6.04 Å². The van der Waals surface area contributed by atoms with Crippen LogP contribution in [0.4, 0.5) is 0 Å². The maximum Gasteiger partial charge on any atom is 0.189 e. The Balaban J connectivity index is 2.61. The molecule has 0 bridgehead atoms. The molecule has 1 aromatic carbocycles. The van der Waals surface area contributed by atoms with Crippen molar-refractivity contribution in [1.82, 2.24) is 0 Å². The van der Waals surface area contributed by atoms with Crippen molar-refractivity contribution in [1.29, 1.82) is 0 Å². The van der Waals surface area contributed by atoms with E-state index in [-0.39, 0.29) is 11.0 Å². The van der Waals surface area contributed by atoms with E-state index in [4.69, 9.17) is 0 Å².